The fraction of sp³-hybridized carbons (Fsp3) is 0.500. The number of aryl methyl sites for hydroxylation is 1. The van der Waals surface area contributed by atoms with Crippen molar-refractivity contribution in [3.05, 3.63) is 33.9 Å². The van der Waals surface area contributed by atoms with Crippen LogP contribution in [0.5, 0.6) is 0 Å². The van der Waals surface area contributed by atoms with Gasteiger partial charge in [0.15, 0.2) is 0 Å². The van der Waals surface area contributed by atoms with E-state index in [2.05, 4.69) is 4.72 Å². The highest BCUT2D eigenvalue weighted by atomic mass is 32.2. The molecule has 0 aliphatic heterocycles. The summed E-state index contributed by atoms with van der Waals surface area (Å²) in [6.45, 7) is 3.70. The molecule has 0 saturated carbocycles. The van der Waals surface area contributed by atoms with E-state index in [1.807, 2.05) is 6.92 Å². The fourth-order valence-corrected chi connectivity index (χ4v) is 3.40. The van der Waals surface area contributed by atoms with E-state index in [-0.39, 0.29) is 23.2 Å². The van der Waals surface area contributed by atoms with E-state index in [4.69, 9.17) is 5.73 Å². The minimum atomic E-state index is -3.81. The van der Waals surface area contributed by atoms with Gasteiger partial charge in [0, 0.05) is 24.7 Å². The minimum absolute atomic E-state index is 0.0822. The number of nitrogens with one attached hydrogen (secondary N) is 1. The Kier molecular flexibility index (Phi) is 5.61. The number of hydrogen-bond donors (Lipinski definition) is 2. The quantitative estimate of drug-likeness (QED) is 0.582. The van der Waals surface area contributed by atoms with Gasteiger partial charge in [0.2, 0.25) is 10.0 Å². The first-order chi connectivity index (χ1) is 9.31. The average Bonchev–Trinajstić information content (AvgIpc) is 2.37. The molecule has 0 aliphatic carbocycles. The van der Waals surface area contributed by atoms with Gasteiger partial charge in [0.25, 0.3) is 5.69 Å². The number of nitro benzene ring substituents is 1. The van der Waals surface area contributed by atoms with Gasteiger partial charge in [-0.2, -0.15) is 0 Å². The largest absolute Gasteiger partial charge is 0.329 e. The van der Waals surface area contributed by atoms with Crippen molar-refractivity contribution in [1.29, 1.82) is 0 Å². The first kappa shape index (κ1) is 16.5. The number of nitrogens with zero attached hydrogens (tertiary/aromatic N) is 1. The van der Waals surface area contributed by atoms with Gasteiger partial charge in [-0.3, -0.25) is 10.1 Å². The number of nitro groups is 1. The predicted octanol–water partition coefficient (Wildman–Crippen LogP) is 1.31. The normalized spacial score (nSPS) is 13.2. The molecule has 0 bridgehead atoms. The summed E-state index contributed by atoms with van der Waals surface area (Å²) in [4.78, 5) is 10.0. The standard InChI is InChI=1S/C12H19N3O4S/c1-3-4-10(8-13)14-20(18,19)12-7-11(15(16)17)6-5-9(12)2/h5-7,10,14H,3-4,8,13H2,1-2H3. The molecule has 0 saturated heterocycles. The van der Waals surface area contributed by atoms with E-state index in [0.717, 1.165) is 12.5 Å². The molecule has 0 amide bonds. The zero-order valence-electron chi connectivity index (χ0n) is 11.5. The molecule has 0 radical (unpaired) electrons. The van der Waals surface area contributed by atoms with Gasteiger partial charge in [0.05, 0.1) is 9.82 Å². The lowest BCUT2D eigenvalue weighted by atomic mass is 10.2. The molecule has 0 spiro atoms. The van der Waals surface area contributed by atoms with Gasteiger partial charge in [-0.15, -0.1) is 0 Å². The van der Waals surface area contributed by atoms with Crippen LogP contribution in [0.15, 0.2) is 23.1 Å². The molecule has 0 aliphatic rings. The smallest absolute Gasteiger partial charge is 0.270 e. The Morgan fingerprint density at radius 1 is 1.45 bits per heavy atom. The summed E-state index contributed by atoms with van der Waals surface area (Å²) in [6, 6.07) is 3.39. The van der Waals surface area contributed by atoms with Crippen LogP contribution in [0.1, 0.15) is 25.3 Å². The van der Waals surface area contributed by atoms with Crippen molar-refractivity contribution in [3.8, 4) is 0 Å². The van der Waals surface area contributed by atoms with Crippen molar-refractivity contribution in [1.82, 2.24) is 4.72 Å². The molecule has 0 fully saturated rings. The third kappa shape index (κ3) is 3.99. The Hall–Kier alpha value is -1.51. The van der Waals surface area contributed by atoms with Crippen molar-refractivity contribution in [2.75, 3.05) is 6.54 Å². The maximum absolute atomic E-state index is 12.3. The fourth-order valence-electron chi connectivity index (χ4n) is 1.85. The van der Waals surface area contributed by atoms with Gasteiger partial charge in [-0.05, 0) is 18.9 Å². The molecular weight excluding hydrogens is 282 g/mol. The SMILES string of the molecule is CCCC(CN)NS(=O)(=O)c1cc([N+](=O)[O-])ccc1C. The molecule has 1 atom stereocenters. The van der Waals surface area contributed by atoms with Gasteiger partial charge in [-0.1, -0.05) is 19.4 Å². The highest BCUT2D eigenvalue weighted by molar-refractivity contribution is 7.89. The van der Waals surface area contributed by atoms with E-state index < -0.39 is 14.9 Å². The predicted molar refractivity (Wildman–Crippen MR) is 75.9 cm³/mol. The van der Waals surface area contributed by atoms with Crippen molar-refractivity contribution in [3.63, 3.8) is 0 Å². The molecular formula is C12H19N3O4S. The zero-order chi connectivity index (χ0) is 15.3. The lowest BCUT2D eigenvalue weighted by Crippen LogP contribution is -2.40. The van der Waals surface area contributed by atoms with Crippen LogP contribution in [-0.2, 0) is 10.0 Å². The van der Waals surface area contributed by atoms with Crippen LogP contribution in [0.25, 0.3) is 0 Å². The third-order valence-corrected chi connectivity index (χ3v) is 4.58. The molecule has 1 aromatic carbocycles. The molecule has 0 aromatic heterocycles. The zero-order valence-corrected chi connectivity index (χ0v) is 12.3. The van der Waals surface area contributed by atoms with Gasteiger partial charge in [0.1, 0.15) is 0 Å². The van der Waals surface area contributed by atoms with Crippen LogP contribution in [0, 0.1) is 17.0 Å². The summed E-state index contributed by atoms with van der Waals surface area (Å²) in [5.74, 6) is 0. The molecule has 7 nitrogen and oxygen atoms in total. The summed E-state index contributed by atoms with van der Waals surface area (Å²) in [5.41, 5.74) is 5.73. The number of nitrogens with two attached hydrogens (primary N) is 1. The van der Waals surface area contributed by atoms with Crippen LogP contribution in [0.4, 0.5) is 5.69 Å². The molecule has 0 heterocycles. The molecule has 1 rings (SSSR count). The van der Waals surface area contributed by atoms with Gasteiger partial charge < -0.3 is 5.73 Å². The van der Waals surface area contributed by atoms with Gasteiger partial charge in [-0.25, -0.2) is 13.1 Å². The van der Waals surface area contributed by atoms with E-state index in [1.54, 1.807) is 6.92 Å². The molecule has 1 aromatic rings. The molecule has 3 N–H and O–H groups in total. The first-order valence-electron chi connectivity index (χ1n) is 6.29. The second-order valence-electron chi connectivity index (χ2n) is 4.55. The van der Waals surface area contributed by atoms with E-state index in [0.29, 0.717) is 12.0 Å². The van der Waals surface area contributed by atoms with Crippen LogP contribution >= 0.6 is 0 Å². The molecule has 8 heteroatoms. The third-order valence-electron chi connectivity index (χ3n) is 2.92. The summed E-state index contributed by atoms with van der Waals surface area (Å²) < 4.78 is 27.1. The Morgan fingerprint density at radius 3 is 2.60 bits per heavy atom. The van der Waals surface area contributed by atoms with Crippen molar-refractivity contribution in [2.45, 2.75) is 37.6 Å². The van der Waals surface area contributed by atoms with Crippen LogP contribution in [-0.4, -0.2) is 25.9 Å². The van der Waals surface area contributed by atoms with Crippen molar-refractivity contribution < 1.29 is 13.3 Å². The average molecular weight is 301 g/mol. The Morgan fingerprint density at radius 2 is 2.10 bits per heavy atom. The number of hydrogen-bond acceptors (Lipinski definition) is 5. The summed E-state index contributed by atoms with van der Waals surface area (Å²) >= 11 is 0. The maximum atomic E-state index is 12.3. The summed E-state index contributed by atoms with van der Waals surface area (Å²) in [7, 11) is -3.81. The summed E-state index contributed by atoms with van der Waals surface area (Å²) in [6.07, 6.45) is 1.40. The minimum Gasteiger partial charge on any atom is -0.329 e. The van der Waals surface area contributed by atoms with Crippen molar-refractivity contribution >= 4 is 15.7 Å². The number of sulfonamides is 1. The lowest BCUT2D eigenvalue weighted by Gasteiger charge is -2.17. The number of rotatable bonds is 7. The van der Waals surface area contributed by atoms with E-state index in [1.165, 1.54) is 12.1 Å². The maximum Gasteiger partial charge on any atom is 0.270 e. The van der Waals surface area contributed by atoms with Crippen LogP contribution < -0.4 is 10.5 Å². The lowest BCUT2D eigenvalue weighted by molar-refractivity contribution is -0.385. The van der Waals surface area contributed by atoms with E-state index >= 15 is 0 Å². The van der Waals surface area contributed by atoms with Crippen molar-refractivity contribution in [2.24, 2.45) is 5.73 Å². The van der Waals surface area contributed by atoms with Gasteiger partial charge >= 0.3 is 0 Å². The Labute approximate surface area is 118 Å². The number of non-ortho nitro benzene ring substituents is 1. The molecule has 20 heavy (non-hydrogen) atoms. The second-order valence-corrected chi connectivity index (χ2v) is 6.23. The topological polar surface area (TPSA) is 115 Å². The Balaban J connectivity index is 3.14. The summed E-state index contributed by atoms with van der Waals surface area (Å²) in [5, 5.41) is 10.7. The monoisotopic (exact) mass is 301 g/mol. The van der Waals surface area contributed by atoms with E-state index in [9.17, 15) is 18.5 Å². The second kappa shape index (κ2) is 6.78. The number of benzene rings is 1. The molecule has 1 unspecified atom stereocenters. The first-order valence-corrected chi connectivity index (χ1v) is 7.77. The highest BCUT2D eigenvalue weighted by Crippen LogP contribution is 2.22. The van der Waals surface area contributed by atoms with Crippen LogP contribution in [0.3, 0.4) is 0 Å². The molecule has 112 valence electrons. The Bertz CT molecular complexity index is 586. The van der Waals surface area contributed by atoms with Crippen LogP contribution in [0.2, 0.25) is 0 Å². The highest BCUT2D eigenvalue weighted by Gasteiger charge is 2.23.